The molecule has 3 aliphatic heterocycles. The van der Waals surface area contributed by atoms with E-state index in [-0.39, 0.29) is 61.8 Å². The van der Waals surface area contributed by atoms with E-state index < -0.39 is 0 Å². The first-order chi connectivity index (χ1) is 16.6. The normalized spacial score (nSPS) is 20.3. The van der Waals surface area contributed by atoms with Gasteiger partial charge >= 0.3 is 5.97 Å². The molecule has 3 saturated heterocycles. The number of rotatable bonds is 8. The van der Waals surface area contributed by atoms with Crippen molar-refractivity contribution < 1.29 is 19.1 Å². The second kappa shape index (κ2) is 17.5. The number of carbonyl (C=O) groups excluding carboxylic acids is 2. The molecule has 0 unspecified atom stereocenters. The Hall–Kier alpha value is -1.13. The topological polar surface area (TPSA) is 65.6 Å². The van der Waals surface area contributed by atoms with Crippen LogP contribution in [0.15, 0.2) is 30.3 Å². The Labute approximate surface area is 240 Å². The van der Waals surface area contributed by atoms with Gasteiger partial charge in [0.15, 0.2) is 0 Å². The molecule has 0 spiro atoms. The van der Waals surface area contributed by atoms with Crippen molar-refractivity contribution in [1.82, 2.24) is 19.8 Å². The number of ether oxygens (including phenoxy) is 2. The molecule has 0 aromatic heterocycles. The van der Waals surface area contributed by atoms with Crippen molar-refractivity contribution >= 4 is 49.1 Å². The van der Waals surface area contributed by atoms with Gasteiger partial charge in [0.05, 0.1) is 19.8 Å². The average Bonchev–Trinajstić information content (AvgIpc) is 2.89. The Balaban J connectivity index is 0.00000228. The van der Waals surface area contributed by atoms with Crippen LogP contribution in [0.25, 0.3) is 0 Å². The van der Waals surface area contributed by atoms with Gasteiger partial charge in [-0.25, -0.2) is 14.8 Å². The number of piperidine rings is 2. The highest BCUT2D eigenvalue weighted by Crippen LogP contribution is 2.23. The molecule has 3 fully saturated rings. The molecule has 0 aliphatic carbocycles. The number of hydrazine groups is 1. The molecule has 3 heterocycles. The number of likely N-dealkylation sites (tertiary alicyclic amines) is 1. The summed E-state index contributed by atoms with van der Waals surface area (Å²) in [6.45, 7) is 8.05. The molecule has 0 atom stereocenters. The molecule has 37 heavy (non-hydrogen) atoms. The zero-order chi connectivity index (χ0) is 23.8. The number of piperazine rings is 1. The Kier molecular flexibility index (Phi) is 16.0. The van der Waals surface area contributed by atoms with Crippen molar-refractivity contribution in [2.45, 2.75) is 38.2 Å². The summed E-state index contributed by atoms with van der Waals surface area (Å²) in [5.74, 6) is 0.642. The maximum atomic E-state index is 12.8. The van der Waals surface area contributed by atoms with E-state index >= 15 is 0 Å². The lowest BCUT2D eigenvalue weighted by Crippen LogP contribution is -2.57. The van der Waals surface area contributed by atoms with Crippen LogP contribution >= 0.6 is 37.2 Å². The van der Waals surface area contributed by atoms with Crippen molar-refractivity contribution in [1.29, 1.82) is 0 Å². The molecular weight excluding hydrogens is 539 g/mol. The summed E-state index contributed by atoms with van der Waals surface area (Å²) >= 11 is 0. The Morgan fingerprint density at radius 1 is 0.811 bits per heavy atom. The highest BCUT2D eigenvalue weighted by molar-refractivity contribution is 5.86. The minimum atomic E-state index is -0.353. The predicted octanol–water partition coefficient (Wildman–Crippen LogP) is 2.92. The number of hydrogen-bond acceptors (Lipinski definition) is 7. The monoisotopic (exact) mass is 580 g/mol. The molecule has 11 heteroatoms. The molecule has 0 N–H and O–H groups in total. The van der Waals surface area contributed by atoms with Crippen LogP contribution in [0.1, 0.15) is 31.2 Å². The number of amides is 1. The van der Waals surface area contributed by atoms with Crippen molar-refractivity contribution in [3.63, 3.8) is 0 Å². The third-order valence-electron chi connectivity index (χ3n) is 7.52. The van der Waals surface area contributed by atoms with Crippen molar-refractivity contribution in [2.75, 3.05) is 72.6 Å². The summed E-state index contributed by atoms with van der Waals surface area (Å²) in [6.07, 6.45) is 5.29. The summed E-state index contributed by atoms with van der Waals surface area (Å²) in [4.78, 5) is 28.3. The van der Waals surface area contributed by atoms with Crippen molar-refractivity contribution in [3.8, 4) is 0 Å². The summed E-state index contributed by atoms with van der Waals surface area (Å²) in [5, 5.41) is 5.05. The number of halogens is 3. The van der Waals surface area contributed by atoms with Gasteiger partial charge in [-0.05, 0) is 43.6 Å². The Morgan fingerprint density at radius 3 is 2.00 bits per heavy atom. The molecule has 1 amide bonds. The van der Waals surface area contributed by atoms with E-state index in [0.717, 1.165) is 58.0 Å². The number of hydrogen-bond donors (Lipinski definition) is 0. The second-order valence-corrected chi connectivity index (χ2v) is 9.78. The van der Waals surface area contributed by atoms with Gasteiger partial charge in [0.1, 0.15) is 6.61 Å². The predicted molar refractivity (Wildman–Crippen MR) is 152 cm³/mol. The summed E-state index contributed by atoms with van der Waals surface area (Å²) in [5.41, 5.74) is 1.46. The van der Waals surface area contributed by atoms with Gasteiger partial charge in [-0.3, -0.25) is 9.69 Å². The average molecular weight is 582 g/mol. The summed E-state index contributed by atoms with van der Waals surface area (Å²) in [7, 11) is 1.36. The van der Waals surface area contributed by atoms with E-state index in [1.807, 2.05) is 4.90 Å². The third-order valence-corrected chi connectivity index (χ3v) is 7.52. The quantitative estimate of drug-likeness (QED) is 0.438. The van der Waals surface area contributed by atoms with E-state index in [2.05, 4.69) is 50.0 Å². The van der Waals surface area contributed by atoms with E-state index in [1.54, 1.807) is 0 Å². The Morgan fingerprint density at radius 2 is 1.41 bits per heavy atom. The highest BCUT2D eigenvalue weighted by Gasteiger charge is 2.29. The number of benzene rings is 1. The van der Waals surface area contributed by atoms with Gasteiger partial charge in [-0.1, -0.05) is 30.3 Å². The molecule has 1 aromatic carbocycles. The molecule has 4 rings (SSSR count). The van der Waals surface area contributed by atoms with Gasteiger partial charge in [0, 0.05) is 52.4 Å². The van der Waals surface area contributed by atoms with Crippen LogP contribution in [0, 0.1) is 5.92 Å². The first-order valence-corrected chi connectivity index (χ1v) is 12.8. The summed E-state index contributed by atoms with van der Waals surface area (Å²) < 4.78 is 10.2. The fraction of sp³-hybridized carbons (Fsp3) is 0.692. The lowest BCUT2D eigenvalue weighted by atomic mass is 9.91. The van der Waals surface area contributed by atoms with E-state index in [1.165, 1.54) is 31.9 Å². The molecule has 212 valence electrons. The second-order valence-electron chi connectivity index (χ2n) is 9.78. The smallest absolute Gasteiger partial charge is 0.331 e. The van der Waals surface area contributed by atoms with Crippen molar-refractivity contribution in [2.24, 2.45) is 5.92 Å². The fourth-order valence-electron chi connectivity index (χ4n) is 5.34. The summed E-state index contributed by atoms with van der Waals surface area (Å²) in [6, 6.07) is 10.9. The van der Waals surface area contributed by atoms with E-state index in [0.29, 0.717) is 19.6 Å². The molecule has 0 bridgehead atoms. The van der Waals surface area contributed by atoms with Crippen LogP contribution in [0.4, 0.5) is 0 Å². The largest absolute Gasteiger partial charge is 0.467 e. The maximum absolute atomic E-state index is 12.8. The van der Waals surface area contributed by atoms with Crippen LogP contribution in [0.3, 0.4) is 0 Å². The third kappa shape index (κ3) is 10.5. The zero-order valence-electron chi connectivity index (χ0n) is 21.8. The molecular formula is C26H43Cl3N4O4. The lowest BCUT2D eigenvalue weighted by Gasteiger charge is -2.44. The number of carbonyl (C=O) groups is 2. The Bertz CT molecular complexity index is 783. The van der Waals surface area contributed by atoms with Crippen LogP contribution in [0.2, 0.25) is 0 Å². The fourth-order valence-corrected chi connectivity index (χ4v) is 5.34. The number of nitrogens with zero attached hydrogens (tertiary/aromatic N) is 4. The molecule has 0 radical (unpaired) electrons. The molecule has 1 aromatic rings. The zero-order valence-corrected chi connectivity index (χ0v) is 24.2. The molecule has 8 nitrogen and oxygen atoms in total. The van der Waals surface area contributed by atoms with E-state index in [9.17, 15) is 9.59 Å². The minimum absolute atomic E-state index is 0. The SMILES string of the molecule is COC(=O)COC1CCN(C(=O)CN2CCN(N3CCC(Cc4ccccc4)CC3)CC2)CC1.Cl.Cl.Cl. The van der Waals surface area contributed by atoms with Crippen LogP contribution in [-0.2, 0) is 25.5 Å². The lowest BCUT2D eigenvalue weighted by molar-refractivity contribution is -0.150. The molecule has 3 aliphatic rings. The number of methoxy groups -OCH3 is 1. The first kappa shape index (κ1) is 33.9. The van der Waals surface area contributed by atoms with Gasteiger partial charge in [0.2, 0.25) is 5.91 Å². The first-order valence-electron chi connectivity index (χ1n) is 12.8. The van der Waals surface area contributed by atoms with Gasteiger partial charge in [-0.15, -0.1) is 37.2 Å². The van der Waals surface area contributed by atoms with Gasteiger partial charge in [0.25, 0.3) is 0 Å². The van der Waals surface area contributed by atoms with Gasteiger partial charge < -0.3 is 14.4 Å². The van der Waals surface area contributed by atoms with Crippen molar-refractivity contribution in [3.05, 3.63) is 35.9 Å². The highest BCUT2D eigenvalue weighted by atomic mass is 35.5. The van der Waals surface area contributed by atoms with Crippen LogP contribution in [0.5, 0.6) is 0 Å². The van der Waals surface area contributed by atoms with E-state index in [4.69, 9.17) is 4.74 Å². The minimum Gasteiger partial charge on any atom is -0.467 e. The number of esters is 1. The van der Waals surface area contributed by atoms with Crippen LogP contribution < -0.4 is 0 Å². The standard InChI is InChI=1S/C26H40N4O4.3ClH/c1-33-26(32)21-34-24-9-11-28(12-10-24)25(31)20-27-15-17-30(18-16-27)29-13-7-23(8-14-29)19-22-5-3-2-4-6-22;;;/h2-6,23-24H,7-21H2,1H3;3*1H. The molecule has 0 saturated carbocycles. The van der Waals surface area contributed by atoms with Gasteiger partial charge in [-0.2, -0.15) is 0 Å². The van der Waals surface area contributed by atoms with Crippen LogP contribution in [-0.4, -0.2) is 110 Å². The maximum Gasteiger partial charge on any atom is 0.331 e.